The van der Waals surface area contributed by atoms with Gasteiger partial charge in [-0.1, -0.05) is 6.92 Å². The highest BCUT2D eigenvalue weighted by Crippen LogP contribution is 2.26. The van der Waals surface area contributed by atoms with Gasteiger partial charge in [-0.15, -0.1) is 12.4 Å². The molecule has 0 bridgehead atoms. The molecule has 1 saturated carbocycles. The molecule has 1 rings (SSSR count). The zero-order chi connectivity index (χ0) is 14.6. The number of carbonyl (C=O) groups is 2. The van der Waals surface area contributed by atoms with Gasteiger partial charge in [-0.05, 0) is 45.6 Å². The monoisotopic (exact) mass is 306 g/mol. The van der Waals surface area contributed by atoms with E-state index in [1.165, 1.54) is 12.8 Å². The molecule has 118 valence electrons. The number of carboxylic acids is 1. The molecule has 1 aliphatic carbocycles. The van der Waals surface area contributed by atoms with E-state index >= 15 is 0 Å². The van der Waals surface area contributed by atoms with Gasteiger partial charge in [0, 0.05) is 13.1 Å². The fraction of sp³-hybridized carbons (Fsp3) is 0.857. The molecule has 0 saturated heterocycles. The number of aliphatic carboxylic acids is 1. The van der Waals surface area contributed by atoms with Gasteiger partial charge in [0.2, 0.25) is 5.91 Å². The molecule has 1 unspecified atom stereocenters. The zero-order valence-corrected chi connectivity index (χ0v) is 13.7. The van der Waals surface area contributed by atoms with E-state index < -0.39 is 12.0 Å². The van der Waals surface area contributed by atoms with E-state index in [-0.39, 0.29) is 24.9 Å². The number of carbonyl (C=O) groups excluding carboxylic acids is 1. The van der Waals surface area contributed by atoms with Gasteiger partial charge in [0.05, 0.1) is 6.54 Å². The Kier molecular flexibility index (Phi) is 8.13. The Morgan fingerprint density at radius 3 is 2.15 bits per heavy atom. The Hall–Kier alpha value is -0.810. The summed E-state index contributed by atoms with van der Waals surface area (Å²) >= 11 is 0. The topological polar surface area (TPSA) is 60.9 Å². The summed E-state index contributed by atoms with van der Waals surface area (Å²) in [6, 6.07) is -0.319. The number of nitrogens with zero attached hydrogens (tertiary/aromatic N) is 2. The summed E-state index contributed by atoms with van der Waals surface area (Å²) in [6.07, 6.45) is 4.45. The van der Waals surface area contributed by atoms with E-state index in [1.807, 2.05) is 7.05 Å². The van der Waals surface area contributed by atoms with Crippen LogP contribution in [0, 0.1) is 5.92 Å². The van der Waals surface area contributed by atoms with Crippen LogP contribution in [0.2, 0.25) is 0 Å². The van der Waals surface area contributed by atoms with E-state index in [4.69, 9.17) is 5.11 Å². The molecule has 0 radical (unpaired) electrons. The van der Waals surface area contributed by atoms with Crippen molar-refractivity contribution in [1.29, 1.82) is 0 Å². The molecule has 0 aromatic carbocycles. The van der Waals surface area contributed by atoms with Gasteiger partial charge in [0.1, 0.15) is 6.04 Å². The molecule has 0 aromatic heterocycles. The molecule has 0 heterocycles. The largest absolute Gasteiger partial charge is 0.480 e. The van der Waals surface area contributed by atoms with Crippen molar-refractivity contribution < 1.29 is 14.7 Å². The van der Waals surface area contributed by atoms with Crippen molar-refractivity contribution in [3.05, 3.63) is 0 Å². The second-order valence-corrected chi connectivity index (χ2v) is 5.85. The fourth-order valence-electron chi connectivity index (χ4n) is 2.48. The Morgan fingerprint density at radius 2 is 1.70 bits per heavy atom. The smallest absolute Gasteiger partial charge is 0.320 e. The number of amides is 1. The second-order valence-electron chi connectivity index (χ2n) is 5.85. The molecular weight excluding hydrogens is 280 g/mol. The number of hydrogen-bond donors (Lipinski definition) is 1. The van der Waals surface area contributed by atoms with E-state index in [1.54, 1.807) is 23.8 Å². The second kappa shape index (κ2) is 8.47. The summed E-state index contributed by atoms with van der Waals surface area (Å²) in [5.41, 5.74) is 0. The lowest BCUT2D eigenvalue weighted by Gasteiger charge is -2.34. The molecule has 20 heavy (non-hydrogen) atoms. The summed E-state index contributed by atoms with van der Waals surface area (Å²) in [7, 11) is 3.51. The van der Waals surface area contributed by atoms with E-state index in [0.29, 0.717) is 6.04 Å². The highest BCUT2D eigenvalue weighted by molar-refractivity contribution is 5.85. The summed E-state index contributed by atoms with van der Waals surface area (Å²) in [6.45, 7) is 4.01. The molecule has 0 aromatic rings. The highest BCUT2D eigenvalue weighted by Gasteiger charge is 2.26. The molecule has 0 spiro atoms. The Bertz CT molecular complexity index is 330. The number of rotatable bonds is 5. The number of halogens is 1. The molecule has 1 atom stereocenters. The fourth-order valence-corrected chi connectivity index (χ4v) is 2.48. The van der Waals surface area contributed by atoms with Crippen LogP contribution in [0.1, 0.15) is 39.5 Å². The van der Waals surface area contributed by atoms with Gasteiger partial charge in [-0.3, -0.25) is 14.5 Å². The average molecular weight is 307 g/mol. The van der Waals surface area contributed by atoms with Crippen molar-refractivity contribution in [1.82, 2.24) is 9.80 Å². The zero-order valence-electron chi connectivity index (χ0n) is 12.8. The standard InChI is InChI=1S/C14H26N2O3.ClH/c1-10-5-7-12(8-6-10)16(4)13(17)9-15(3)11(2)14(18)19;/h10-12H,5-9H2,1-4H3,(H,18,19);1H. The molecule has 1 N–H and O–H groups in total. The van der Waals surface area contributed by atoms with E-state index in [0.717, 1.165) is 18.8 Å². The molecule has 1 amide bonds. The van der Waals surface area contributed by atoms with Crippen LogP contribution in [0.3, 0.4) is 0 Å². The minimum atomic E-state index is -0.899. The first kappa shape index (κ1) is 19.2. The normalized spacial score (nSPS) is 23.9. The van der Waals surface area contributed by atoms with Crippen molar-refractivity contribution in [2.75, 3.05) is 20.6 Å². The molecule has 5 nitrogen and oxygen atoms in total. The van der Waals surface area contributed by atoms with Crippen LogP contribution < -0.4 is 0 Å². The van der Waals surface area contributed by atoms with Gasteiger partial charge in [0.15, 0.2) is 0 Å². The van der Waals surface area contributed by atoms with Gasteiger partial charge in [0.25, 0.3) is 0 Å². The number of carboxylic acid groups (broad SMARTS) is 1. The average Bonchev–Trinajstić information content (AvgIpc) is 2.37. The van der Waals surface area contributed by atoms with Crippen molar-refractivity contribution >= 4 is 24.3 Å². The first-order valence-electron chi connectivity index (χ1n) is 7.01. The Balaban J connectivity index is 0.00000361. The lowest BCUT2D eigenvalue weighted by atomic mass is 9.87. The van der Waals surface area contributed by atoms with Crippen LogP contribution in [-0.2, 0) is 9.59 Å². The first-order chi connectivity index (χ1) is 8.82. The quantitative estimate of drug-likeness (QED) is 0.842. The molecule has 1 aliphatic rings. The van der Waals surface area contributed by atoms with Crippen LogP contribution in [0.4, 0.5) is 0 Å². The van der Waals surface area contributed by atoms with Crippen molar-refractivity contribution in [3.8, 4) is 0 Å². The number of hydrogen-bond acceptors (Lipinski definition) is 3. The predicted molar refractivity (Wildman–Crippen MR) is 81.2 cm³/mol. The van der Waals surface area contributed by atoms with Gasteiger partial charge in [-0.25, -0.2) is 0 Å². The third-order valence-electron chi connectivity index (χ3n) is 4.33. The lowest BCUT2D eigenvalue weighted by molar-refractivity contribution is -0.143. The van der Waals surface area contributed by atoms with Crippen molar-refractivity contribution in [2.24, 2.45) is 5.92 Å². The van der Waals surface area contributed by atoms with E-state index in [2.05, 4.69) is 6.92 Å². The van der Waals surface area contributed by atoms with Crippen LogP contribution in [0.15, 0.2) is 0 Å². The Morgan fingerprint density at radius 1 is 1.20 bits per heavy atom. The van der Waals surface area contributed by atoms with Crippen LogP contribution >= 0.6 is 12.4 Å². The molecule has 6 heteroatoms. The maximum absolute atomic E-state index is 12.2. The third kappa shape index (κ3) is 5.29. The maximum atomic E-state index is 12.2. The van der Waals surface area contributed by atoms with Gasteiger partial charge < -0.3 is 10.0 Å². The summed E-state index contributed by atoms with van der Waals surface area (Å²) < 4.78 is 0. The predicted octanol–water partition coefficient (Wildman–Crippen LogP) is 1.85. The van der Waals surface area contributed by atoms with Crippen LogP contribution in [-0.4, -0.2) is 59.5 Å². The molecule has 1 fully saturated rings. The highest BCUT2D eigenvalue weighted by atomic mass is 35.5. The lowest BCUT2D eigenvalue weighted by Crippen LogP contribution is -2.47. The molecular formula is C14H27ClN2O3. The van der Waals surface area contributed by atoms with Crippen LogP contribution in [0.25, 0.3) is 0 Å². The van der Waals surface area contributed by atoms with E-state index in [9.17, 15) is 9.59 Å². The SMILES string of the molecule is CC1CCC(N(C)C(=O)CN(C)C(C)C(=O)O)CC1.Cl. The summed E-state index contributed by atoms with van der Waals surface area (Å²) in [5, 5.41) is 8.92. The minimum Gasteiger partial charge on any atom is -0.480 e. The van der Waals surface area contributed by atoms with Crippen molar-refractivity contribution in [3.63, 3.8) is 0 Å². The first-order valence-corrected chi connectivity index (χ1v) is 7.01. The number of likely N-dealkylation sites (N-methyl/N-ethyl adjacent to an activating group) is 2. The van der Waals surface area contributed by atoms with Gasteiger partial charge >= 0.3 is 5.97 Å². The third-order valence-corrected chi connectivity index (χ3v) is 4.33. The summed E-state index contributed by atoms with van der Waals surface area (Å²) in [4.78, 5) is 26.4. The maximum Gasteiger partial charge on any atom is 0.320 e. The summed E-state index contributed by atoms with van der Waals surface area (Å²) in [5.74, 6) is -0.131. The Labute approximate surface area is 127 Å². The van der Waals surface area contributed by atoms with Crippen molar-refractivity contribution in [2.45, 2.75) is 51.6 Å². The van der Waals surface area contributed by atoms with Crippen LogP contribution in [0.5, 0.6) is 0 Å². The molecule has 0 aliphatic heterocycles. The van der Waals surface area contributed by atoms with Gasteiger partial charge in [-0.2, -0.15) is 0 Å². The minimum absolute atomic E-state index is 0.